The van der Waals surface area contributed by atoms with E-state index in [4.69, 9.17) is 4.74 Å². The molecule has 10 nitrogen and oxygen atoms in total. The van der Waals surface area contributed by atoms with Crippen LogP contribution < -0.4 is 20.1 Å². The number of benzene rings is 1. The predicted octanol–water partition coefficient (Wildman–Crippen LogP) is 0.143. The average Bonchev–Trinajstić information content (AvgIpc) is 2.61. The second-order valence-corrected chi connectivity index (χ2v) is 6.89. The molecular weight excluding hydrogens is 378 g/mol. The van der Waals surface area contributed by atoms with Crippen molar-refractivity contribution in [2.75, 3.05) is 26.3 Å². The lowest BCUT2D eigenvalue weighted by Gasteiger charge is -2.08. The Bertz CT molecular complexity index is 748. The standard InChI is InChI=1S/C16H23N3O7S/c1-3-17-16(22)19-14(20)11-26-15(21)9-10-18-27(23,24)13-7-5-12(6-8-13)25-4-2/h5-8,18H,3-4,9-11H2,1-2H3,(H2,17,19,20,22). The molecule has 0 fully saturated rings. The van der Waals surface area contributed by atoms with Gasteiger partial charge in [0.15, 0.2) is 6.61 Å². The van der Waals surface area contributed by atoms with Crippen molar-refractivity contribution in [3.63, 3.8) is 0 Å². The van der Waals surface area contributed by atoms with Crippen LogP contribution in [0, 0.1) is 0 Å². The number of esters is 1. The highest BCUT2D eigenvalue weighted by atomic mass is 32.2. The number of carbonyl (C=O) groups is 3. The second kappa shape index (κ2) is 11.1. The number of nitrogens with one attached hydrogen (secondary N) is 3. The van der Waals surface area contributed by atoms with Gasteiger partial charge in [-0.15, -0.1) is 0 Å². The highest BCUT2D eigenvalue weighted by molar-refractivity contribution is 7.89. The van der Waals surface area contributed by atoms with E-state index in [1.54, 1.807) is 6.92 Å². The summed E-state index contributed by atoms with van der Waals surface area (Å²) < 4.78 is 36.4. The summed E-state index contributed by atoms with van der Waals surface area (Å²) in [7, 11) is -3.79. The number of urea groups is 1. The maximum Gasteiger partial charge on any atom is 0.321 e. The monoisotopic (exact) mass is 401 g/mol. The minimum absolute atomic E-state index is 0.0284. The second-order valence-electron chi connectivity index (χ2n) is 5.12. The Morgan fingerprint density at radius 3 is 2.33 bits per heavy atom. The lowest BCUT2D eigenvalue weighted by atomic mass is 10.3. The Morgan fingerprint density at radius 2 is 1.74 bits per heavy atom. The summed E-state index contributed by atoms with van der Waals surface area (Å²) in [6.45, 7) is 3.46. The first kappa shape index (κ1) is 22.4. The molecule has 0 saturated carbocycles. The van der Waals surface area contributed by atoms with Gasteiger partial charge in [-0.2, -0.15) is 0 Å². The van der Waals surface area contributed by atoms with E-state index in [1.807, 2.05) is 12.2 Å². The molecule has 0 spiro atoms. The molecule has 0 aliphatic carbocycles. The van der Waals surface area contributed by atoms with Crippen molar-refractivity contribution in [2.45, 2.75) is 25.2 Å². The van der Waals surface area contributed by atoms with Gasteiger partial charge in [0.05, 0.1) is 17.9 Å². The van der Waals surface area contributed by atoms with Gasteiger partial charge in [-0.25, -0.2) is 17.9 Å². The van der Waals surface area contributed by atoms with Crippen molar-refractivity contribution in [1.29, 1.82) is 0 Å². The summed E-state index contributed by atoms with van der Waals surface area (Å²) in [5, 5.41) is 4.31. The highest BCUT2D eigenvalue weighted by Gasteiger charge is 2.15. The van der Waals surface area contributed by atoms with E-state index in [9.17, 15) is 22.8 Å². The molecule has 11 heteroatoms. The van der Waals surface area contributed by atoms with Gasteiger partial charge in [0, 0.05) is 13.1 Å². The lowest BCUT2D eigenvalue weighted by Crippen LogP contribution is -2.41. The van der Waals surface area contributed by atoms with Crippen molar-refractivity contribution in [2.24, 2.45) is 0 Å². The molecule has 1 rings (SSSR count). The summed E-state index contributed by atoms with van der Waals surface area (Å²) in [4.78, 5) is 34.0. The third kappa shape index (κ3) is 8.51. The van der Waals surface area contributed by atoms with Gasteiger partial charge >= 0.3 is 12.0 Å². The topological polar surface area (TPSA) is 140 Å². The molecule has 27 heavy (non-hydrogen) atoms. The number of sulfonamides is 1. The van der Waals surface area contributed by atoms with Crippen LogP contribution in [0.4, 0.5) is 4.79 Å². The van der Waals surface area contributed by atoms with E-state index < -0.39 is 34.5 Å². The third-order valence-electron chi connectivity index (χ3n) is 3.02. The number of hydrogen-bond donors (Lipinski definition) is 3. The first-order valence-electron chi connectivity index (χ1n) is 8.24. The zero-order valence-electron chi connectivity index (χ0n) is 15.1. The van der Waals surface area contributed by atoms with E-state index in [-0.39, 0.29) is 17.9 Å². The van der Waals surface area contributed by atoms with Crippen LogP contribution in [0.3, 0.4) is 0 Å². The molecule has 0 unspecified atom stereocenters. The van der Waals surface area contributed by atoms with E-state index >= 15 is 0 Å². The van der Waals surface area contributed by atoms with Crippen LogP contribution in [0.5, 0.6) is 5.75 Å². The molecule has 0 aromatic heterocycles. The fraction of sp³-hybridized carbons (Fsp3) is 0.438. The van der Waals surface area contributed by atoms with Crippen LogP contribution in [0.25, 0.3) is 0 Å². The van der Waals surface area contributed by atoms with Gasteiger partial charge in [-0.1, -0.05) is 0 Å². The van der Waals surface area contributed by atoms with Crippen LogP contribution in [0.1, 0.15) is 20.3 Å². The smallest absolute Gasteiger partial charge is 0.321 e. The Balaban J connectivity index is 2.37. The minimum atomic E-state index is -3.79. The molecule has 3 amide bonds. The van der Waals surface area contributed by atoms with Crippen LogP contribution in [-0.4, -0.2) is 52.6 Å². The van der Waals surface area contributed by atoms with Gasteiger partial charge in [-0.3, -0.25) is 14.9 Å². The van der Waals surface area contributed by atoms with Crippen molar-refractivity contribution >= 4 is 27.9 Å². The maximum atomic E-state index is 12.1. The van der Waals surface area contributed by atoms with Gasteiger partial charge in [0.25, 0.3) is 5.91 Å². The fourth-order valence-electron chi connectivity index (χ4n) is 1.84. The quantitative estimate of drug-likeness (QED) is 0.474. The van der Waals surface area contributed by atoms with E-state index in [2.05, 4.69) is 14.8 Å². The first-order valence-corrected chi connectivity index (χ1v) is 9.72. The molecule has 0 heterocycles. The minimum Gasteiger partial charge on any atom is -0.494 e. The van der Waals surface area contributed by atoms with Gasteiger partial charge in [0.2, 0.25) is 10.0 Å². The van der Waals surface area contributed by atoms with Gasteiger partial charge in [0.1, 0.15) is 5.75 Å². The molecule has 0 saturated heterocycles. The van der Waals surface area contributed by atoms with Crippen LogP contribution in [0.15, 0.2) is 29.2 Å². The number of hydrogen-bond acceptors (Lipinski definition) is 7. The molecule has 1 aromatic rings. The average molecular weight is 401 g/mol. The SMILES string of the molecule is CCNC(=O)NC(=O)COC(=O)CCNS(=O)(=O)c1ccc(OCC)cc1. The summed E-state index contributed by atoms with van der Waals surface area (Å²) in [6, 6.07) is 5.13. The van der Waals surface area contributed by atoms with Crippen molar-refractivity contribution in [1.82, 2.24) is 15.4 Å². The normalized spacial score (nSPS) is 10.7. The van der Waals surface area contributed by atoms with E-state index in [0.29, 0.717) is 18.9 Å². The van der Waals surface area contributed by atoms with Crippen LogP contribution in [-0.2, 0) is 24.3 Å². The predicted molar refractivity (Wildman–Crippen MR) is 95.6 cm³/mol. The Hall–Kier alpha value is -2.66. The zero-order valence-corrected chi connectivity index (χ0v) is 15.9. The fourth-order valence-corrected chi connectivity index (χ4v) is 2.87. The van der Waals surface area contributed by atoms with Crippen molar-refractivity contribution in [3.05, 3.63) is 24.3 Å². The van der Waals surface area contributed by atoms with Crippen molar-refractivity contribution in [3.8, 4) is 5.75 Å². The molecule has 0 bridgehead atoms. The van der Waals surface area contributed by atoms with E-state index in [1.165, 1.54) is 24.3 Å². The van der Waals surface area contributed by atoms with Crippen molar-refractivity contribution < 1.29 is 32.3 Å². The van der Waals surface area contributed by atoms with E-state index in [0.717, 1.165) is 0 Å². The number of imide groups is 1. The first-order chi connectivity index (χ1) is 12.8. The summed E-state index contributed by atoms with van der Waals surface area (Å²) in [5.74, 6) is -1.02. The Morgan fingerprint density at radius 1 is 1.07 bits per heavy atom. The number of carbonyl (C=O) groups excluding carboxylic acids is 3. The molecule has 150 valence electrons. The molecule has 3 N–H and O–H groups in total. The largest absolute Gasteiger partial charge is 0.494 e. The maximum absolute atomic E-state index is 12.1. The zero-order chi connectivity index (χ0) is 20.3. The molecule has 0 atom stereocenters. The molecule has 0 aliphatic rings. The number of amides is 3. The highest BCUT2D eigenvalue weighted by Crippen LogP contribution is 2.15. The van der Waals surface area contributed by atoms with Gasteiger partial charge < -0.3 is 14.8 Å². The summed E-state index contributed by atoms with van der Waals surface area (Å²) in [6.07, 6.45) is -0.273. The number of ether oxygens (including phenoxy) is 2. The summed E-state index contributed by atoms with van der Waals surface area (Å²) in [5.41, 5.74) is 0. The Kier molecular flexibility index (Phi) is 9.23. The van der Waals surface area contributed by atoms with Crippen LogP contribution >= 0.6 is 0 Å². The van der Waals surface area contributed by atoms with Gasteiger partial charge in [-0.05, 0) is 38.1 Å². The molecule has 1 aromatic carbocycles. The molecule has 0 radical (unpaired) electrons. The Labute approximate surface area is 157 Å². The molecule has 0 aliphatic heterocycles. The lowest BCUT2D eigenvalue weighted by molar-refractivity contribution is -0.148. The number of rotatable bonds is 10. The molecular formula is C16H23N3O7S. The third-order valence-corrected chi connectivity index (χ3v) is 4.50. The summed E-state index contributed by atoms with van der Waals surface area (Å²) >= 11 is 0. The van der Waals surface area contributed by atoms with Crippen LogP contribution in [0.2, 0.25) is 0 Å².